The Morgan fingerprint density at radius 2 is 1.76 bits per heavy atom. The molecule has 3 aliphatic rings. The maximum absolute atomic E-state index is 15.0. The lowest BCUT2D eigenvalue weighted by Crippen LogP contribution is -2.58. The number of pyridine rings is 1. The zero-order valence-corrected chi connectivity index (χ0v) is 28.8. The minimum absolute atomic E-state index is 0.0423. The van der Waals surface area contributed by atoms with Gasteiger partial charge >= 0.3 is 12.2 Å². The number of benzene rings is 2. The number of fused-ring (bicyclic) bond motifs is 1. The molecule has 1 aromatic heterocycles. The smallest absolute Gasteiger partial charge is 0.407 e. The van der Waals surface area contributed by atoms with Gasteiger partial charge in [0.1, 0.15) is 22.7 Å². The Bertz CT molecular complexity index is 1720. The monoisotopic (exact) mass is 688 g/mol. The first kappa shape index (κ1) is 35.2. The molecule has 1 unspecified atom stereocenters. The van der Waals surface area contributed by atoms with Crippen molar-refractivity contribution in [3.63, 3.8) is 0 Å². The van der Waals surface area contributed by atoms with Crippen LogP contribution >= 0.6 is 0 Å². The van der Waals surface area contributed by atoms with Crippen LogP contribution in [0.25, 0.3) is 11.1 Å². The van der Waals surface area contributed by atoms with Crippen molar-refractivity contribution in [3.8, 4) is 11.1 Å². The van der Waals surface area contributed by atoms with Crippen molar-refractivity contribution in [1.29, 1.82) is 0 Å². The second kappa shape index (κ2) is 14.3. The largest absolute Gasteiger partial charge is 0.619 e. The van der Waals surface area contributed by atoms with Crippen LogP contribution in [-0.4, -0.2) is 93.4 Å². The number of quaternary nitrogens is 1. The molecule has 0 spiro atoms. The Balaban J connectivity index is 1.19. The van der Waals surface area contributed by atoms with Gasteiger partial charge in [-0.25, -0.2) is 19.0 Å². The van der Waals surface area contributed by atoms with Gasteiger partial charge in [0, 0.05) is 50.9 Å². The van der Waals surface area contributed by atoms with Crippen LogP contribution < -0.4 is 9.96 Å². The van der Waals surface area contributed by atoms with Gasteiger partial charge in [-0.2, -0.15) is 0 Å². The van der Waals surface area contributed by atoms with Gasteiger partial charge in [0.05, 0.1) is 6.20 Å². The summed E-state index contributed by atoms with van der Waals surface area (Å²) in [6.07, 6.45) is 2.72. The van der Waals surface area contributed by atoms with E-state index in [2.05, 4.69) is 15.2 Å². The molecule has 2 aliphatic heterocycles. The quantitative estimate of drug-likeness (QED) is 0.222. The molecule has 2 fully saturated rings. The fraction of sp³-hybridized carbons (Fsp3) is 0.459. The van der Waals surface area contributed by atoms with E-state index in [-0.39, 0.29) is 30.1 Å². The first-order chi connectivity index (χ1) is 23.8. The number of carboxylic acid groups (broad SMARTS) is 1. The van der Waals surface area contributed by atoms with Gasteiger partial charge < -0.3 is 25.3 Å². The number of aromatic nitrogens is 1. The number of hydrogen-bond donors (Lipinski definition) is 2. The Labute approximate surface area is 291 Å². The molecule has 3 heterocycles. The van der Waals surface area contributed by atoms with E-state index in [0.29, 0.717) is 57.5 Å². The van der Waals surface area contributed by atoms with Crippen LogP contribution in [0, 0.1) is 11.0 Å². The van der Waals surface area contributed by atoms with Crippen molar-refractivity contribution >= 4 is 29.6 Å². The number of carbonyl (C=O) groups excluding carboxylic acids is 2. The standard InChI is InChI=1S/C37H45FN6O6/c1-37(2,3)50-35(46)40-29-12-14-30(15-13-29)43-24-44(49,33-32(34(43)45)21-28(38)22-39-33)31-7-4-6-27(20-31)26-10-8-25(9-11-26)23-41-16-5-17-42(19-18-41)36(47)48/h4,6-11,20-22,29-30H,5,12-19,23-24H2,1-3H3,(H,40,46)(H,47,48). The number of carbonyl (C=O) groups is 3. The van der Waals surface area contributed by atoms with Gasteiger partial charge in [-0.3, -0.25) is 19.2 Å². The van der Waals surface area contributed by atoms with Crippen molar-refractivity contribution in [1.82, 2.24) is 29.6 Å². The second-order valence-corrected chi connectivity index (χ2v) is 14.5. The normalized spacial score (nSPS) is 23.2. The second-order valence-electron chi connectivity index (χ2n) is 14.5. The lowest BCUT2D eigenvalue weighted by Gasteiger charge is -2.49. The van der Waals surface area contributed by atoms with E-state index in [0.717, 1.165) is 41.9 Å². The molecular weight excluding hydrogens is 643 g/mol. The summed E-state index contributed by atoms with van der Waals surface area (Å²) in [5.41, 5.74) is 2.53. The average molecular weight is 689 g/mol. The van der Waals surface area contributed by atoms with E-state index >= 15 is 0 Å². The molecule has 13 heteroatoms. The highest BCUT2D eigenvalue weighted by Gasteiger charge is 2.44. The molecule has 12 nitrogen and oxygen atoms in total. The summed E-state index contributed by atoms with van der Waals surface area (Å²) in [5, 5.41) is 27.2. The topological polar surface area (TPSA) is 138 Å². The molecule has 3 amide bonds. The van der Waals surface area contributed by atoms with E-state index in [1.165, 1.54) is 4.90 Å². The summed E-state index contributed by atoms with van der Waals surface area (Å²) in [7, 11) is 0. The highest BCUT2D eigenvalue weighted by atomic mass is 19.1. The number of alkyl carbamates (subject to hydrolysis) is 1. The third kappa shape index (κ3) is 7.90. The molecule has 50 heavy (non-hydrogen) atoms. The maximum atomic E-state index is 15.0. The van der Waals surface area contributed by atoms with E-state index in [1.807, 2.05) is 36.4 Å². The third-order valence-corrected chi connectivity index (χ3v) is 9.69. The van der Waals surface area contributed by atoms with Gasteiger partial charge in [0.2, 0.25) is 5.82 Å². The van der Waals surface area contributed by atoms with Crippen molar-refractivity contribution in [2.75, 3.05) is 32.8 Å². The highest BCUT2D eigenvalue weighted by Crippen LogP contribution is 2.42. The molecule has 1 saturated heterocycles. The van der Waals surface area contributed by atoms with Gasteiger partial charge in [0.25, 0.3) is 5.91 Å². The van der Waals surface area contributed by atoms with E-state index < -0.39 is 34.2 Å². The van der Waals surface area contributed by atoms with E-state index in [1.54, 1.807) is 37.8 Å². The number of nitrogens with one attached hydrogen (secondary N) is 1. The van der Waals surface area contributed by atoms with Crippen molar-refractivity contribution in [3.05, 3.63) is 82.9 Å². The fourth-order valence-corrected chi connectivity index (χ4v) is 7.16. The van der Waals surface area contributed by atoms with Gasteiger partial charge in [-0.1, -0.05) is 36.4 Å². The lowest BCUT2D eigenvalue weighted by atomic mass is 9.89. The van der Waals surface area contributed by atoms with Crippen LogP contribution in [0.4, 0.5) is 25.5 Å². The first-order valence-electron chi connectivity index (χ1n) is 17.2. The summed E-state index contributed by atoms with van der Waals surface area (Å²) < 4.78 is 18.8. The van der Waals surface area contributed by atoms with Crippen LogP contribution in [0.15, 0.2) is 60.8 Å². The summed E-state index contributed by atoms with van der Waals surface area (Å²) in [4.78, 5) is 46.9. The number of halogens is 1. The zero-order chi connectivity index (χ0) is 35.6. The minimum Gasteiger partial charge on any atom is -0.619 e. The molecule has 6 rings (SSSR count). The predicted molar refractivity (Wildman–Crippen MR) is 187 cm³/mol. The molecule has 2 N–H and O–H groups in total. The first-order valence-corrected chi connectivity index (χ1v) is 17.2. The Hall–Kier alpha value is -4.59. The van der Waals surface area contributed by atoms with Crippen molar-refractivity contribution < 1.29 is 28.6 Å². The molecule has 0 radical (unpaired) electrons. The van der Waals surface area contributed by atoms with E-state index in [9.17, 15) is 29.1 Å². The molecule has 266 valence electrons. The van der Waals surface area contributed by atoms with Crippen LogP contribution in [0.1, 0.15) is 68.8 Å². The van der Waals surface area contributed by atoms with E-state index in [4.69, 9.17) is 4.74 Å². The lowest BCUT2D eigenvalue weighted by molar-refractivity contribution is 0.0417. The molecule has 2 aromatic carbocycles. The van der Waals surface area contributed by atoms with Gasteiger partial charge in [0.15, 0.2) is 6.67 Å². The molecular formula is C37H45FN6O6. The fourth-order valence-electron chi connectivity index (χ4n) is 7.16. The number of nitrogens with zero attached hydrogens (tertiary/aromatic N) is 5. The molecule has 1 aliphatic carbocycles. The molecule has 1 saturated carbocycles. The van der Waals surface area contributed by atoms with Crippen LogP contribution in [-0.2, 0) is 11.3 Å². The van der Waals surface area contributed by atoms with Crippen LogP contribution in [0.3, 0.4) is 0 Å². The highest BCUT2D eigenvalue weighted by molar-refractivity contribution is 6.01. The van der Waals surface area contributed by atoms with Crippen molar-refractivity contribution in [2.24, 2.45) is 0 Å². The third-order valence-electron chi connectivity index (χ3n) is 9.69. The van der Waals surface area contributed by atoms with Crippen molar-refractivity contribution in [2.45, 2.75) is 77.1 Å². The minimum atomic E-state index is -1.05. The maximum Gasteiger partial charge on any atom is 0.407 e. The summed E-state index contributed by atoms with van der Waals surface area (Å²) >= 11 is 0. The van der Waals surface area contributed by atoms with Crippen LogP contribution in [0.5, 0.6) is 0 Å². The number of ether oxygens (including phenoxy) is 1. The number of rotatable bonds is 6. The molecule has 0 bridgehead atoms. The summed E-state index contributed by atoms with van der Waals surface area (Å²) in [6.45, 7) is 8.41. The SMILES string of the molecule is CC(C)(C)OC(=O)NC1CCC(N2C[N+]([O-])(c3cccc(-c4ccc(CN5CCCN(C(=O)O)CC5)cc4)c3)c3ncc(F)cc3C2=O)CC1. The molecule has 1 atom stereocenters. The Morgan fingerprint density at radius 1 is 1.02 bits per heavy atom. The molecule has 3 aromatic rings. The summed E-state index contributed by atoms with van der Waals surface area (Å²) in [5.74, 6) is -1.16. The predicted octanol–water partition coefficient (Wildman–Crippen LogP) is 6.46. The average Bonchev–Trinajstić information content (AvgIpc) is 3.32. The zero-order valence-electron chi connectivity index (χ0n) is 28.8. The number of hydroxylamine groups is 1. The Morgan fingerprint density at radius 3 is 2.46 bits per heavy atom. The summed E-state index contributed by atoms with van der Waals surface area (Å²) in [6, 6.07) is 16.1. The Kier molecular flexibility index (Phi) is 10.1. The van der Waals surface area contributed by atoms with Gasteiger partial charge in [-0.05, 0) is 81.7 Å². The number of hydrogen-bond acceptors (Lipinski definition) is 7. The number of amides is 3. The van der Waals surface area contributed by atoms with Gasteiger partial charge in [-0.15, -0.1) is 0 Å². The van der Waals surface area contributed by atoms with Crippen LogP contribution in [0.2, 0.25) is 0 Å².